The van der Waals surface area contributed by atoms with Crippen LogP contribution in [0.4, 0.5) is 10.9 Å². The molecule has 1 aliphatic heterocycles. The largest absolute Gasteiger partial charge is 0.347 e. The number of hydrogen-bond donors (Lipinski definition) is 1. The van der Waals surface area contributed by atoms with Crippen molar-refractivity contribution >= 4 is 38.9 Å². The van der Waals surface area contributed by atoms with Crippen LogP contribution in [0.1, 0.15) is 12.8 Å². The molecule has 6 nitrogen and oxygen atoms in total. The van der Waals surface area contributed by atoms with Crippen LogP contribution in [0.3, 0.4) is 0 Å². The lowest BCUT2D eigenvalue weighted by Crippen LogP contribution is -2.34. The molecule has 3 heterocycles. The van der Waals surface area contributed by atoms with Gasteiger partial charge in [-0.15, -0.1) is 0 Å². The van der Waals surface area contributed by atoms with Crippen molar-refractivity contribution in [2.75, 3.05) is 23.3 Å². The quantitative estimate of drug-likeness (QED) is 0.873. The Labute approximate surface area is 120 Å². The van der Waals surface area contributed by atoms with Crippen LogP contribution in [-0.4, -0.2) is 29.5 Å². The van der Waals surface area contributed by atoms with E-state index in [0.29, 0.717) is 12.2 Å². The third kappa shape index (κ3) is 2.30. The molecule has 0 radical (unpaired) electrons. The maximum Gasteiger partial charge on any atom is 0.212 e. The van der Waals surface area contributed by atoms with E-state index in [-0.39, 0.29) is 5.92 Å². The number of carbonyl (C=O) groups is 1. The minimum Gasteiger partial charge on any atom is -0.347 e. The molecule has 1 saturated heterocycles. The van der Waals surface area contributed by atoms with Gasteiger partial charge in [0.1, 0.15) is 0 Å². The van der Waals surface area contributed by atoms with Crippen LogP contribution in [0.2, 0.25) is 0 Å². The Bertz CT molecular complexity index is 677. The summed E-state index contributed by atoms with van der Waals surface area (Å²) in [5, 5.41) is 12.5. The van der Waals surface area contributed by atoms with Crippen LogP contribution in [-0.2, 0) is 4.79 Å². The average Bonchev–Trinajstić information content (AvgIpc) is 2.93. The van der Waals surface area contributed by atoms with E-state index < -0.39 is 0 Å². The van der Waals surface area contributed by atoms with Gasteiger partial charge in [0, 0.05) is 19.3 Å². The summed E-state index contributed by atoms with van der Waals surface area (Å²) in [6, 6.07) is 4.16. The zero-order valence-corrected chi connectivity index (χ0v) is 11.6. The first kappa shape index (κ1) is 12.8. The van der Waals surface area contributed by atoms with Gasteiger partial charge in [-0.3, -0.25) is 4.79 Å². The predicted octanol–water partition coefficient (Wildman–Crippen LogP) is 2.00. The Kier molecular flexibility index (Phi) is 3.48. The van der Waals surface area contributed by atoms with Gasteiger partial charge in [0.05, 0.1) is 22.2 Å². The van der Waals surface area contributed by atoms with Crippen molar-refractivity contribution < 1.29 is 4.79 Å². The fourth-order valence-electron chi connectivity index (χ4n) is 2.39. The van der Waals surface area contributed by atoms with Crippen LogP contribution in [0.25, 0.3) is 10.2 Å². The van der Waals surface area contributed by atoms with E-state index >= 15 is 0 Å². The molecule has 2 aromatic heterocycles. The number of anilines is 2. The zero-order chi connectivity index (χ0) is 13.9. The molecule has 0 unspecified atom stereocenters. The van der Waals surface area contributed by atoms with Crippen molar-refractivity contribution in [2.24, 2.45) is 5.92 Å². The Morgan fingerprint density at radius 1 is 1.60 bits per heavy atom. The highest BCUT2D eigenvalue weighted by Gasteiger charge is 2.22. The highest BCUT2D eigenvalue weighted by atomic mass is 32.1. The van der Waals surface area contributed by atoms with E-state index in [4.69, 9.17) is 5.26 Å². The minimum atomic E-state index is 0.0708. The summed E-state index contributed by atoms with van der Waals surface area (Å²) < 4.78 is 0.869. The van der Waals surface area contributed by atoms with Gasteiger partial charge in [-0.05, 0) is 18.9 Å². The van der Waals surface area contributed by atoms with Crippen LogP contribution in [0, 0.1) is 17.2 Å². The van der Waals surface area contributed by atoms with Crippen LogP contribution in [0.5, 0.6) is 0 Å². The van der Waals surface area contributed by atoms with Gasteiger partial charge in [-0.25, -0.2) is 9.97 Å². The Hall–Kier alpha value is -2.20. The summed E-state index contributed by atoms with van der Waals surface area (Å²) in [5.74, 6) is 0.608. The van der Waals surface area contributed by atoms with E-state index in [9.17, 15) is 4.79 Å². The van der Waals surface area contributed by atoms with Crippen molar-refractivity contribution in [3.05, 3.63) is 12.3 Å². The molecule has 3 rings (SSSR count). The first-order valence-electron chi connectivity index (χ1n) is 6.42. The SMILES string of the molecule is N#C[C@H]1CCCN(c2nc3ccnc(NC=O)c3s2)C1. The Morgan fingerprint density at radius 2 is 2.50 bits per heavy atom. The molecule has 0 saturated carbocycles. The standard InChI is InChI=1S/C13H13N5OS/c14-6-9-2-1-5-18(7-9)13-17-10-3-4-15-12(16-8-19)11(10)20-13/h3-4,8-9H,1-2,5,7H2,(H,15,16,19)/t9-/m1/s1. The Balaban J connectivity index is 1.94. The van der Waals surface area contributed by atoms with Crippen LogP contribution >= 0.6 is 11.3 Å². The molecule has 0 spiro atoms. The molecule has 7 heteroatoms. The Morgan fingerprint density at radius 3 is 3.30 bits per heavy atom. The number of nitrogens with one attached hydrogen (secondary N) is 1. The smallest absolute Gasteiger partial charge is 0.212 e. The third-order valence-corrected chi connectivity index (χ3v) is 4.50. The summed E-state index contributed by atoms with van der Waals surface area (Å²) in [6.07, 6.45) is 4.21. The van der Waals surface area contributed by atoms with Gasteiger partial charge in [0.25, 0.3) is 0 Å². The number of amides is 1. The number of nitriles is 1. The van der Waals surface area contributed by atoms with Crippen LogP contribution < -0.4 is 10.2 Å². The predicted molar refractivity (Wildman–Crippen MR) is 77.7 cm³/mol. The lowest BCUT2D eigenvalue weighted by molar-refractivity contribution is -0.105. The fourth-order valence-corrected chi connectivity index (χ4v) is 3.44. The molecule has 0 aromatic carbocycles. The summed E-state index contributed by atoms with van der Waals surface area (Å²) in [6.45, 7) is 1.64. The van der Waals surface area contributed by atoms with Crippen molar-refractivity contribution in [2.45, 2.75) is 12.8 Å². The number of hydrogen-bond acceptors (Lipinski definition) is 6. The first-order chi connectivity index (χ1) is 9.81. The number of rotatable bonds is 3. The summed E-state index contributed by atoms with van der Waals surface area (Å²) in [7, 11) is 0. The molecule has 2 aromatic rings. The second kappa shape index (κ2) is 5.43. The summed E-state index contributed by atoms with van der Waals surface area (Å²) in [5.41, 5.74) is 0.823. The van der Waals surface area contributed by atoms with Gasteiger partial charge in [-0.1, -0.05) is 11.3 Å². The monoisotopic (exact) mass is 287 g/mol. The zero-order valence-electron chi connectivity index (χ0n) is 10.7. The van der Waals surface area contributed by atoms with Crippen molar-refractivity contribution in [3.63, 3.8) is 0 Å². The van der Waals surface area contributed by atoms with Gasteiger partial charge >= 0.3 is 0 Å². The second-order valence-electron chi connectivity index (χ2n) is 4.68. The van der Waals surface area contributed by atoms with Crippen molar-refractivity contribution in [3.8, 4) is 6.07 Å². The minimum absolute atomic E-state index is 0.0708. The molecule has 20 heavy (non-hydrogen) atoms. The number of fused-ring (bicyclic) bond motifs is 1. The topological polar surface area (TPSA) is 81.9 Å². The summed E-state index contributed by atoms with van der Waals surface area (Å²) in [4.78, 5) is 21.5. The number of pyridine rings is 1. The maximum absolute atomic E-state index is 10.6. The highest BCUT2D eigenvalue weighted by molar-refractivity contribution is 7.22. The van der Waals surface area contributed by atoms with Crippen LogP contribution in [0.15, 0.2) is 12.3 Å². The molecule has 1 atom stereocenters. The van der Waals surface area contributed by atoms with Gasteiger partial charge in [0.15, 0.2) is 10.9 Å². The highest BCUT2D eigenvalue weighted by Crippen LogP contribution is 2.34. The number of thiazole rings is 1. The molecular weight excluding hydrogens is 274 g/mol. The molecule has 1 amide bonds. The first-order valence-corrected chi connectivity index (χ1v) is 7.23. The molecule has 102 valence electrons. The normalized spacial score (nSPS) is 18.8. The lowest BCUT2D eigenvalue weighted by atomic mass is 10.0. The number of nitrogens with zero attached hydrogens (tertiary/aromatic N) is 4. The molecule has 1 fully saturated rings. The van der Waals surface area contributed by atoms with Crippen molar-refractivity contribution in [1.29, 1.82) is 5.26 Å². The van der Waals surface area contributed by atoms with Gasteiger partial charge in [0.2, 0.25) is 6.41 Å². The number of aromatic nitrogens is 2. The molecule has 1 aliphatic rings. The lowest BCUT2D eigenvalue weighted by Gasteiger charge is -2.28. The third-order valence-electron chi connectivity index (χ3n) is 3.36. The van der Waals surface area contributed by atoms with E-state index in [0.717, 1.165) is 41.3 Å². The fraction of sp³-hybridized carbons (Fsp3) is 0.385. The van der Waals surface area contributed by atoms with E-state index in [1.807, 2.05) is 6.07 Å². The number of piperidine rings is 1. The number of carbonyl (C=O) groups excluding carboxylic acids is 1. The maximum atomic E-state index is 10.6. The van der Waals surface area contributed by atoms with E-state index in [1.165, 1.54) is 11.3 Å². The van der Waals surface area contributed by atoms with E-state index in [2.05, 4.69) is 26.3 Å². The van der Waals surface area contributed by atoms with Crippen molar-refractivity contribution in [1.82, 2.24) is 9.97 Å². The molecule has 0 aliphatic carbocycles. The van der Waals surface area contributed by atoms with E-state index in [1.54, 1.807) is 6.20 Å². The molecule has 1 N–H and O–H groups in total. The van der Waals surface area contributed by atoms with Gasteiger partial charge < -0.3 is 10.2 Å². The second-order valence-corrected chi connectivity index (χ2v) is 5.66. The summed E-state index contributed by atoms with van der Waals surface area (Å²) >= 11 is 1.50. The average molecular weight is 287 g/mol. The molecule has 0 bridgehead atoms. The van der Waals surface area contributed by atoms with Gasteiger partial charge in [-0.2, -0.15) is 5.26 Å². The molecular formula is C13H13N5OS.